The van der Waals surface area contributed by atoms with Crippen molar-refractivity contribution in [1.29, 1.82) is 0 Å². The van der Waals surface area contributed by atoms with Gasteiger partial charge in [-0.15, -0.1) is 0 Å². The predicted molar refractivity (Wildman–Crippen MR) is 61.9 cm³/mol. The van der Waals surface area contributed by atoms with E-state index in [0.717, 1.165) is 19.4 Å². The largest absolute Gasteiger partial charge is 0.444 e. The molecule has 1 amide bonds. The van der Waals surface area contributed by atoms with Crippen LogP contribution in [-0.4, -0.2) is 43.2 Å². The molecular weight excluding hydrogens is 222 g/mol. The third-order valence-corrected chi connectivity index (χ3v) is 2.81. The van der Waals surface area contributed by atoms with E-state index in [4.69, 9.17) is 14.2 Å². The monoisotopic (exact) mass is 243 g/mol. The lowest BCUT2D eigenvalue weighted by atomic mass is 10.0. The summed E-state index contributed by atoms with van der Waals surface area (Å²) >= 11 is 0. The molecule has 0 radical (unpaired) electrons. The van der Waals surface area contributed by atoms with E-state index in [2.05, 4.69) is 5.32 Å². The minimum Gasteiger partial charge on any atom is -0.444 e. The second-order valence-corrected chi connectivity index (χ2v) is 5.66. The summed E-state index contributed by atoms with van der Waals surface area (Å²) in [6.07, 6.45) is 1.99. The molecule has 0 aromatic heterocycles. The average molecular weight is 243 g/mol. The molecule has 2 aliphatic rings. The van der Waals surface area contributed by atoms with E-state index in [1.807, 2.05) is 20.8 Å². The first-order valence-corrected chi connectivity index (χ1v) is 6.17. The normalized spacial score (nSPS) is 33.0. The van der Waals surface area contributed by atoms with Crippen LogP contribution in [0.5, 0.6) is 0 Å². The van der Waals surface area contributed by atoms with Gasteiger partial charge in [0.05, 0.1) is 25.4 Å². The molecule has 17 heavy (non-hydrogen) atoms. The third-order valence-electron chi connectivity index (χ3n) is 2.81. The first kappa shape index (κ1) is 12.6. The minimum atomic E-state index is -0.454. The van der Waals surface area contributed by atoms with Crippen molar-refractivity contribution in [3.05, 3.63) is 0 Å². The van der Waals surface area contributed by atoms with Crippen LogP contribution in [0, 0.1) is 0 Å². The molecular formula is C12H21NO4. The van der Waals surface area contributed by atoms with Crippen molar-refractivity contribution < 1.29 is 19.0 Å². The Bertz CT molecular complexity index is 275. The Morgan fingerprint density at radius 2 is 1.82 bits per heavy atom. The fraction of sp³-hybridized carbons (Fsp3) is 0.917. The van der Waals surface area contributed by atoms with Gasteiger partial charge in [0, 0.05) is 0 Å². The zero-order chi connectivity index (χ0) is 12.5. The highest BCUT2D eigenvalue weighted by Gasteiger charge is 2.37. The van der Waals surface area contributed by atoms with E-state index in [-0.39, 0.29) is 24.3 Å². The summed E-state index contributed by atoms with van der Waals surface area (Å²) in [5, 5.41) is 2.83. The molecule has 98 valence electrons. The maximum atomic E-state index is 11.5. The van der Waals surface area contributed by atoms with Gasteiger partial charge in [0.1, 0.15) is 11.7 Å². The van der Waals surface area contributed by atoms with Crippen LogP contribution in [0.3, 0.4) is 0 Å². The van der Waals surface area contributed by atoms with Gasteiger partial charge in [-0.1, -0.05) is 0 Å². The Balaban J connectivity index is 1.68. The van der Waals surface area contributed by atoms with Crippen molar-refractivity contribution >= 4 is 6.09 Å². The standard InChI is InChI=1S/C12H21NO4/c1-12(2,3)17-11(14)13-8-4-5-9(15-6-8)10-7-16-10/h8-10H,4-7H2,1-3H3,(H,13,14)/t8-,9+,10+/m1/s1. The molecule has 2 aliphatic heterocycles. The highest BCUT2D eigenvalue weighted by Crippen LogP contribution is 2.25. The van der Waals surface area contributed by atoms with Gasteiger partial charge in [-0.05, 0) is 33.6 Å². The molecule has 1 N–H and O–H groups in total. The zero-order valence-electron chi connectivity index (χ0n) is 10.7. The van der Waals surface area contributed by atoms with Crippen molar-refractivity contribution in [3.63, 3.8) is 0 Å². The second-order valence-electron chi connectivity index (χ2n) is 5.66. The molecule has 2 saturated heterocycles. The topological polar surface area (TPSA) is 60.1 Å². The average Bonchev–Trinajstić information content (AvgIpc) is 2.99. The van der Waals surface area contributed by atoms with Crippen molar-refractivity contribution in [1.82, 2.24) is 5.32 Å². The van der Waals surface area contributed by atoms with Crippen molar-refractivity contribution in [2.45, 2.75) is 57.5 Å². The molecule has 0 saturated carbocycles. The van der Waals surface area contributed by atoms with Crippen LogP contribution in [0.25, 0.3) is 0 Å². The predicted octanol–water partition coefficient (Wildman–Crippen LogP) is 1.46. The third kappa shape index (κ3) is 4.16. The number of rotatable bonds is 2. The van der Waals surface area contributed by atoms with Crippen LogP contribution >= 0.6 is 0 Å². The zero-order valence-corrected chi connectivity index (χ0v) is 10.7. The van der Waals surface area contributed by atoms with Gasteiger partial charge in [-0.25, -0.2) is 4.79 Å². The number of amides is 1. The Labute approximate surface area is 102 Å². The molecule has 2 fully saturated rings. The summed E-state index contributed by atoms with van der Waals surface area (Å²) in [5.41, 5.74) is -0.454. The lowest BCUT2D eigenvalue weighted by molar-refractivity contribution is -0.0205. The van der Waals surface area contributed by atoms with Crippen molar-refractivity contribution in [3.8, 4) is 0 Å². The highest BCUT2D eigenvalue weighted by atomic mass is 16.6. The smallest absolute Gasteiger partial charge is 0.407 e. The Morgan fingerprint density at radius 3 is 2.29 bits per heavy atom. The van der Waals surface area contributed by atoms with Crippen LogP contribution < -0.4 is 5.32 Å². The van der Waals surface area contributed by atoms with Gasteiger partial charge in [-0.3, -0.25) is 0 Å². The number of carbonyl (C=O) groups is 1. The van der Waals surface area contributed by atoms with E-state index >= 15 is 0 Å². The molecule has 5 heteroatoms. The maximum absolute atomic E-state index is 11.5. The first-order chi connectivity index (χ1) is 7.94. The van der Waals surface area contributed by atoms with Crippen molar-refractivity contribution in [2.75, 3.05) is 13.2 Å². The number of hydrogen-bond donors (Lipinski definition) is 1. The quantitative estimate of drug-likeness (QED) is 0.746. The number of ether oxygens (including phenoxy) is 3. The van der Waals surface area contributed by atoms with Crippen LogP contribution in [0.15, 0.2) is 0 Å². The summed E-state index contributed by atoms with van der Waals surface area (Å²) in [7, 11) is 0. The lowest BCUT2D eigenvalue weighted by Gasteiger charge is -2.29. The summed E-state index contributed by atoms with van der Waals surface area (Å²) < 4.78 is 16.0. The summed E-state index contributed by atoms with van der Waals surface area (Å²) in [4.78, 5) is 11.5. The summed E-state index contributed by atoms with van der Waals surface area (Å²) in [6.45, 7) is 6.91. The van der Waals surface area contributed by atoms with Crippen LogP contribution in [0.1, 0.15) is 33.6 Å². The van der Waals surface area contributed by atoms with Gasteiger partial charge < -0.3 is 19.5 Å². The maximum Gasteiger partial charge on any atom is 0.407 e. The van der Waals surface area contributed by atoms with Gasteiger partial charge in [0.2, 0.25) is 0 Å². The van der Waals surface area contributed by atoms with Crippen LogP contribution in [-0.2, 0) is 14.2 Å². The molecule has 0 bridgehead atoms. The molecule has 2 rings (SSSR count). The molecule has 0 spiro atoms. The molecule has 2 heterocycles. The first-order valence-electron chi connectivity index (χ1n) is 6.17. The fourth-order valence-corrected chi connectivity index (χ4v) is 1.92. The fourth-order valence-electron chi connectivity index (χ4n) is 1.92. The molecule has 0 aromatic carbocycles. The number of epoxide rings is 1. The van der Waals surface area contributed by atoms with E-state index < -0.39 is 5.60 Å². The highest BCUT2D eigenvalue weighted by molar-refractivity contribution is 5.68. The molecule has 3 atom stereocenters. The minimum absolute atomic E-state index is 0.0554. The van der Waals surface area contributed by atoms with E-state index in [1.54, 1.807) is 0 Å². The van der Waals surface area contributed by atoms with Gasteiger partial charge >= 0.3 is 6.09 Å². The lowest BCUT2D eigenvalue weighted by Crippen LogP contribution is -2.45. The van der Waals surface area contributed by atoms with E-state index in [1.165, 1.54) is 0 Å². The van der Waals surface area contributed by atoms with E-state index in [9.17, 15) is 4.79 Å². The number of carbonyl (C=O) groups excluding carboxylic acids is 1. The number of alkyl carbamates (subject to hydrolysis) is 1. The number of nitrogens with one attached hydrogen (secondary N) is 1. The number of hydrogen-bond acceptors (Lipinski definition) is 4. The van der Waals surface area contributed by atoms with E-state index in [0.29, 0.717) is 6.61 Å². The van der Waals surface area contributed by atoms with Crippen LogP contribution in [0.2, 0.25) is 0 Å². The molecule has 0 aliphatic carbocycles. The Hall–Kier alpha value is -0.810. The summed E-state index contributed by atoms with van der Waals surface area (Å²) in [6, 6.07) is 0.0554. The molecule has 5 nitrogen and oxygen atoms in total. The second kappa shape index (κ2) is 4.82. The van der Waals surface area contributed by atoms with Gasteiger partial charge in [0.25, 0.3) is 0 Å². The van der Waals surface area contributed by atoms with Crippen molar-refractivity contribution in [2.24, 2.45) is 0 Å². The van der Waals surface area contributed by atoms with Gasteiger partial charge in [0.15, 0.2) is 0 Å². The molecule has 0 aromatic rings. The Kier molecular flexibility index (Phi) is 3.58. The molecule has 0 unspecified atom stereocenters. The Morgan fingerprint density at radius 1 is 1.18 bits per heavy atom. The van der Waals surface area contributed by atoms with Gasteiger partial charge in [-0.2, -0.15) is 0 Å². The summed E-state index contributed by atoms with van der Waals surface area (Å²) in [5.74, 6) is 0. The van der Waals surface area contributed by atoms with Crippen LogP contribution in [0.4, 0.5) is 4.79 Å². The SMILES string of the molecule is CC(C)(C)OC(=O)N[C@@H]1CC[C@@H]([C@@H]2CO2)OC1.